The van der Waals surface area contributed by atoms with Crippen LogP contribution >= 0.6 is 11.6 Å². The van der Waals surface area contributed by atoms with Gasteiger partial charge in [0.2, 0.25) is 6.79 Å². The molecule has 1 aromatic carbocycles. The lowest BCUT2D eigenvalue weighted by Crippen LogP contribution is -2.23. The maximum atomic E-state index is 6.11. The minimum absolute atomic E-state index is 0.256. The van der Waals surface area contributed by atoms with Crippen molar-refractivity contribution in [2.75, 3.05) is 18.2 Å². The summed E-state index contributed by atoms with van der Waals surface area (Å²) in [5.74, 6) is 2.55. The molecule has 2 aliphatic heterocycles. The van der Waals surface area contributed by atoms with Crippen LogP contribution in [-0.4, -0.2) is 28.3 Å². The number of anilines is 1. The maximum Gasteiger partial charge on any atom is 0.231 e. The molecule has 0 unspecified atom stereocenters. The zero-order valence-electron chi connectivity index (χ0n) is 12.8. The van der Waals surface area contributed by atoms with Crippen molar-refractivity contribution in [2.45, 2.75) is 18.9 Å². The van der Waals surface area contributed by atoms with E-state index in [2.05, 4.69) is 32.0 Å². The van der Waals surface area contributed by atoms with Crippen LogP contribution in [0.2, 0.25) is 5.15 Å². The standard InChI is InChI=1S/C17H15ClN4O2/c18-15-7-11-16(21-15)19-8-20-17(11)22-5-1-2-12(22)10-3-4-13-14(6-10)24-9-23-13/h3-4,6-8,12H,1-2,5,9H2,(H,19,20,21)/t12-/m0/s1. The SMILES string of the molecule is Clc1cc2c(N3CCC[C@H]3c3ccc4c(c3)OCO4)ncnc2[nH]1. The minimum Gasteiger partial charge on any atom is -0.454 e. The van der Waals surface area contributed by atoms with Gasteiger partial charge in [-0.05, 0) is 36.6 Å². The molecule has 1 fully saturated rings. The van der Waals surface area contributed by atoms with E-state index in [-0.39, 0.29) is 6.04 Å². The van der Waals surface area contributed by atoms with Gasteiger partial charge in [-0.1, -0.05) is 17.7 Å². The van der Waals surface area contributed by atoms with E-state index in [1.807, 2.05) is 12.1 Å². The highest BCUT2D eigenvalue weighted by molar-refractivity contribution is 6.30. The first kappa shape index (κ1) is 13.9. The third kappa shape index (κ3) is 2.10. The van der Waals surface area contributed by atoms with Gasteiger partial charge in [0.15, 0.2) is 11.5 Å². The van der Waals surface area contributed by atoms with Crippen LogP contribution in [0.25, 0.3) is 11.0 Å². The molecule has 1 saturated heterocycles. The van der Waals surface area contributed by atoms with Crippen molar-refractivity contribution < 1.29 is 9.47 Å². The monoisotopic (exact) mass is 342 g/mol. The number of hydrogen-bond acceptors (Lipinski definition) is 5. The van der Waals surface area contributed by atoms with E-state index >= 15 is 0 Å². The second-order valence-electron chi connectivity index (χ2n) is 6.04. The second-order valence-corrected chi connectivity index (χ2v) is 6.45. The first-order valence-corrected chi connectivity index (χ1v) is 8.33. The van der Waals surface area contributed by atoms with Crippen LogP contribution in [0.15, 0.2) is 30.6 Å². The number of aromatic nitrogens is 3. The van der Waals surface area contributed by atoms with Gasteiger partial charge in [-0.25, -0.2) is 9.97 Å². The van der Waals surface area contributed by atoms with E-state index in [4.69, 9.17) is 21.1 Å². The van der Waals surface area contributed by atoms with Crippen molar-refractivity contribution in [1.82, 2.24) is 15.0 Å². The van der Waals surface area contributed by atoms with Crippen molar-refractivity contribution >= 4 is 28.5 Å². The van der Waals surface area contributed by atoms with Gasteiger partial charge in [0.05, 0.1) is 11.4 Å². The summed E-state index contributed by atoms with van der Waals surface area (Å²) in [6.07, 6.45) is 3.77. The fourth-order valence-corrected chi connectivity index (χ4v) is 3.81. The molecular formula is C17H15ClN4O2. The molecule has 2 aromatic heterocycles. The van der Waals surface area contributed by atoms with Gasteiger partial charge < -0.3 is 19.4 Å². The Hall–Kier alpha value is -2.47. The Labute approximate surface area is 143 Å². The Balaban J connectivity index is 1.57. The summed E-state index contributed by atoms with van der Waals surface area (Å²) in [6, 6.07) is 8.32. The normalized spacial score (nSPS) is 19.4. The Morgan fingerprint density at radius 2 is 2.08 bits per heavy atom. The minimum atomic E-state index is 0.256. The summed E-state index contributed by atoms with van der Waals surface area (Å²) in [5.41, 5.74) is 1.98. The number of hydrogen-bond donors (Lipinski definition) is 1. The van der Waals surface area contributed by atoms with Crippen molar-refractivity contribution in [3.63, 3.8) is 0 Å². The van der Waals surface area contributed by atoms with Crippen LogP contribution in [0.4, 0.5) is 5.82 Å². The van der Waals surface area contributed by atoms with Gasteiger partial charge in [-0.15, -0.1) is 0 Å². The molecular weight excluding hydrogens is 328 g/mol. The largest absolute Gasteiger partial charge is 0.454 e. The first-order valence-electron chi connectivity index (χ1n) is 7.95. The van der Waals surface area contributed by atoms with Crippen LogP contribution in [0.1, 0.15) is 24.4 Å². The lowest BCUT2D eigenvalue weighted by Gasteiger charge is -2.26. The van der Waals surface area contributed by atoms with Crippen molar-refractivity contribution in [2.24, 2.45) is 0 Å². The smallest absolute Gasteiger partial charge is 0.231 e. The van der Waals surface area contributed by atoms with Crippen molar-refractivity contribution in [3.05, 3.63) is 41.3 Å². The average molecular weight is 343 g/mol. The highest BCUT2D eigenvalue weighted by Gasteiger charge is 2.30. The molecule has 4 heterocycles. The lowest BCUT2D eigenvalue weighted by molar-refractivity contribution is 0.174. The van der Waals surface area contributed by atoms with Crippen molar-refractivity contribution in [1.29, 1.82) is 0 Å². The van der Waals surface area contributed by atoms with Crippen molar-refractivity contribution in [3.8, 4) is 11.5 Å². The number of halogens is 1. The first-order chi connectivity index (χ1) is 11.8. The topological polar surface area (TPSA) is 63.3 Å². The van der Waals surface area contributed by atoms with Crippen LogP contribution in [0.5, 0.6) is 11.5 Å². The zero-order chi connectivity index (χ0) is 16.1. The number of fused-ring (bicyclic) bond motifs is 2. The van der Waals surface area contributed by atoms with Gasteiger partial charge in [-0.3, -0.25) is 0 Å². The van der Waals surface area contributed by atoms with Crippen LogP contribution in [-0.2, 0) is 0 Å². The fourth-order valence-electron chi connectivity index (χ4n) is 3.61. The average Bonchev–Trinajstić information content (AvgIpc) is 3.31. The number of rotatable bonds is 2. The van der Waals surface area contributed by atoms with Crippen LogP contribution in [0, 0.1) is 0 Å². The molecule has 1 atom stereocenters. The van der Waals surface area contributed by atoms with Gasteiger partial charge in [0.1, 0.15) is 22.9 Å². The molecule has 0 aliphatic carbocycles. The Morgan fingerprint density at radius 1 is 1.17 bits per heavy atom. The molecule has 3 aromatic rings. The number of nitrogens with one attached hydrogen (secondary N) is 1. The molecule has 7 heteroatoms. The van der Waals surface area contributed by atoms with E-state index in [0.29, 0.717) is 11.9 Å². The lowest BCUT2D eigenvalue weighted by atomic mass is 10.0. The third-order valence-corrected chi connectivity index (χ3v) is 4.88. The van der Waals surface area contributed by atoms with E-state index in [1.54, 1.807) is 6.33 Å². The molecule has 0 radical (unpaired) electrons. The van der Waals surface area contributed by atoms with E-state index < -0.39 is 0 Å². The summed E-state index contributed by atoms with van der Waals surface area (Å²) < 4.78 is 10.9. The summed E-state index contributed by atoms with van der Waals surface area (Å²) >= 11 is 6.11. The summed E-state index contributed by atoms with van der Waals surface area (Å²) in [7, 11) is 0. The maximum absolute atomic E-state index is 6.11. The number of ether oxygens (including phenoxy) is 2. The highest BCUT2D eigenvalue weighted by Crippen LogP contribution is 2.41. The van der Waals surface area contributed by atoms with E-state index in [0.717, 1.165) is 47.7 Å². The molecule has 1 N–H and O–H groups in total. The Bertz CT molecular complexity index is 926. The molecule has 6 nitrogen and oxygen atoms in total. The van der Waals surface area contributed by atoms with Crippen LogP contribution < -0.4 is 14.4 Å². The summed E-state index contributed by atoms with van der Waals surface area (Å²) in [6.45, 7) is 1.25. The number of aromatic amines is 1. The molecule has 2 aliphatic rings. The number of nitrogens with zero attached hydrogens (tertiary/aromatic N) is 3. The molecule has 0 spiro atoms. The number of benzene rings is 1. The Kier molecular flexibility index (Phi) is 3.06. The quantitative estimate of drug-likeness (QED) is 0.769. The number of H-pyrrole nitrogens is 1. The predicted molar refractivity (Wildman–Crippen MR) is 90.8 cm³/mol. The molecule has 5 rings (SSSR count). The van der Waals surface area contributed by atoms with Gasteiger partial charge in [0.25, 0.3) is 0 Å². The fraction of sp³-hybridized carbons (Fsp3) is 0.294. The Morgan fingerprint density at radius 3 is 3.04 bits per heavy atom. The highest BCUT2D eigenvalue weighted by atomic mass is 35.5. The second kappa shape index (κ2) is 5.27. The summed E-state index contributed by atoms with van der Waals surface area (Å²) in [4.78, 5) is 14.2. The van der Waals surface area contributed by atoms with E-state index in [9.17, 15) is 0 Å². The third-order valence-electron chi connectivity index (χ3n) is 4.68. The van der Waals surface area contributed by atoms with Gasteiger partial charge in [0, 0.05) is 6.54 Å². The zero-order valence-corrected chi connectivity index (χ0v) is 13.6. The predicted octanol–water partition coefficient (Wildman–Crippen LogP) is 3.68. The summed E-state index contributed by atoms with van der Waals surface area (Å²) in [5, 5.41) is 1.53. The molecule has 0 bridgehead atoms. The van der Waals surface area contributed by atoms with Gasteiger partial charge in [-0.2, -0.15) is 0 Å². The molecule has 24 heavy (non-hydrogen) atoms. The molecule has 122 valence electrons. The van der Waals surface area contributed by atoms with E-state index in [1.165, 1.54) is 5.56 Å². The van der Waals surface area contributed by atoms with Crippen LogP contribution in [0.3, 0.4) is 0 Å². The molecule has 0 saturated carbocycles. The molecule has 0 amide bonds. The van der Waals surface area contributed by atoms with Gasteiger partial charge >= 0.3 is 0 Å².